The maximum atomic E-state index is 13.2. The van der Waals surface area contributed by atoms with Gasteiger partial charge in [-0.1, -0.05) is 36.4 Å². The highest BCUT2D eigenvalue weighted by Crippen LogP contribution is 2.30. The fourth-order valence-corrected chi connectivity index (χ4v) is 6.30. The number of hydrogen-bond donors (Lipinski definition) is 0. The first-order chi connectivity index (χ1) is 10.6. The summed E-state index contributed by atoms with van der Waals surface area (Å²) in [4.78, 5) is 0.400. The van der Waals surface area contributed by atoms with Crippen LogP contribution in [0, 0.1) is 0 Å². The lowest BCUT2D eigenvalue weighted by Crippen LogP contribution is -2.46. The average Bonchev–Trinajstić information content (AvgIpc) is 2.55. The fourth-order valence-electron chi connectivity index (χ4n) is 2.86. The molecule has 118 valence electrons. The Bertz CT molecular complexity index is 756. The van der Waals surface area contributed by atoms with Crippen molar-refractivity contribution in [3.63, 3.8) is 0 Å². The van der Waals surface area contributed by atoms with Crippen LogP contribution in [0.15, 0.2) is 47.4 Å². The van der Waals surface area contributed by atoms with Gasteiger partial charge in [0.1, 0.15) is 0 Å². The van der Waals surface area contributed by atoms with Crippen molar-refractivity contribution < 1.29 is 8.42 Å². The normalized spacial score (nSPS) is 20.3. The predicted octanol–water partition coefficient (Wildman–Crippen LogP) is 3.57. The third kappa shape index (κ3) is 3.00. The number of sulfonamides is 1. The van der Waals surface area contributed by atoms with Gasteiger partial charge in [0.05, 0.1) is 4.90 Å². The molecule has 22 heavy (non-hydrogen) atoms. The lowest BCUT2D eigenvalue weighted by molar-refractivity contribution is 0.342. The number of nitrogens with zero attached hydrogens (tertiary/aromatic N) is 1. The standard InChI is InChI=1S/C16H18ClNO2S2/c17-9-8-14-12-21-11-10-18(14)22(19,20)16-7-3-5-13-4-1-2-6-15(13)16/h1-7,14H,8-12H2. The summed E-state index contributed by atoms with van der Waals surface area (Å²) in [6, 6.07) is 13.1. The number of halogens is 1. The van der Waals surface area contributed by atoms with E-state index in [9.17, 15) is 8.42 Å². The molecule has 1 aliphatic heterocycles. The molecule has 0 aromatic heterocycles. The Morgan fingerprint density at radius 3 is 2.77 bits per heavy atom. The molecule has 6 heteroatoms. The Kier molecular flexibility index (Phi) is 4.97. The van der Waals surface area contributed by atoms with E-state index < -0.39 is 10.0 Å². The van der Waals surface area contributed by atoms with Crippen LogP contribution in [0.1, 0.15) is 6.42 Å². The molecule has 0 aliphatic carbocycles. The Balaban J connectivity index is 2.07. The molecule has 1 saturated heterocycles. The van der Waals surface area contributed by atoms with E-state index >= 15 is 0 Å². The third-order valence-corrected chi connectivity index (χ3v) is 7.27. The lowest BCUT2D eigenvalue weighted by atomic mass is 10.1. The van der Waals surface area contributed by atoms with Crippen molar-refractivity contribution in [3.8, 4) is 0 Å². The van der Waals surface area contributed by atoms with Gasteiger partial charge in [0, 0.05) is 35.4 Å². The maximum Gasteiger partial charge on any atom is 0.243 e. The van der Waals surface area contributed by atoms with Crippen molar-refractivity contribution in [2.75, 3.05) is 23.9 Å². The summed E-state index contributed by atoms with van der Waals surface area (Å²) >= 11 is 7.66. The Morgan fingerprint density at radius 1 is 1.18 bits per heavy atom. The van der Waals surface area contributed by atoms with Gasteiger partial charge in [-0.05, 0) is 17.9 Å². The Labute approximate surface area is 140 Å². The second-order valence-corrected chi connectivity index (χ2v) is 8.69. The number of hydrogen-bond acceptors (Lipinski definition) is 3. The summed E-state index contributed by atoms with van der Waals surface area (Å²) in [5.74, 6) is 2.13. The number of alkyl halides is 1. The molecule has 0 spiro atoms. The zero-order valence-corrected chi connectivity index (χ0v) is 14.5. The van der Waals surface area contributed by atoms with Gasteiger partial charge >= 0.3 is 0 Å². The number of benzene rings is 2. The van der Waals surface area contributed by atoms with Crippen LogP contribution in [0.2, 0.25) is 0 Å². The van der Waals surface area contributed by atoms with Crippen molar-refractivity contribution in [3.05, 3.63) is 42.5 Å². The highest BCUT2D eigenvalue weighted by molar-refractivity contribution is 7.99. The van der Waals surface area contributed by atoms with Crippen LogP contribution < -0.4 is 0 Å². The SMILES string of the molecule is O=S(=O)(c1cccc2ccccc12)N1CCSCC1CCCl. The van der Waals surface area contributed by atoms with Crippen molar-refractivity contribution in [2.24, 2.45) is 0 Å². The monoisotopic (exact) mass is 355 g/mol. The highest BCUT2D eigenvalue weighted by Gasteiger charge is 2.34. The number of rotatable bonds is 4. The van der Waals surface area contributed by atoms with Crippen LogP contribution in [0.4, 0.5) is 0 Å². The Morgan fingerprint density at radius 2 is 1.95 bits per heavy atom. The molecule has 3 rings (SSSR count). The molecule has 0 amide bonds. The minimum absolute atomic E-state index is 0.0137. The average molecular weight is 356 g/mol. The van der Waals surface area contributed by atoms with E-state index in [4.69, 9.17) is 11.6 Å². The molecule has 0 bridgehead atoms. The first-order valence-electron chi connectivity index (χ1n) is 7.28. The molecule has 0 radical (unpaired) electrons. The van der Waals surface area contributed by atoms with Crippen LogP contribution >= 0.6 is 23.4 Å². The maximum absolute atomic E-state index is 13.2. The van der Waals surface area contributed by atoms with Gasteiger partial charge in [-0.15, -0.1) is 11.6 Å². The molecule has 1 fully saturated rings. The van der Waals surface area contributed by atoms with Gasteiger partial charge < -0.3 is 0 Å². The minimum atomic E-state index is -3.50. The molecule has 2 aromatic carbocycles. The first-order valence-corrected chi connectivity index (χ1v) is 10.4. The minimum Gasteiger partial charge on any atom is -0.207 e. The molecular formula is C16H18ClNO2S2. The van der Waals surface area contributed by atoms with E-state index in [1.165, 1.54) is 0 Å². The van der Waals surface area contributed by atoms with Gasteiger partial charge in [-0.25, -0.2) is 8.42 Å². The lowest BCUT2D eigenvalue weighted by Gasteiger charge is -2.34. The van der Waals surface area contributed by atoms with Crippen molar-refractivity contribution in [1.82, 2.24) is 4.31 Å². The largest absolute Gasteiger partial charge is 0.243 e. The van der Waals surface area contributed by atoms with E-state index in [2.05, 4.69) is 0 Å². The van der Waals surface area contributed by atoms with Crippen LogP contribution in [-0.2, 0) is 10.0 Å². The van der Waals surface area contributed by atoms with E-state index in [0.717, 1.165) is 22.3 Å². The molecule has 1 heterocycles. The quantitative estimate of drug-likeness (QED) is 0.787. The molecule has 1 unspecified atom stereocenters. The molecule has 2 aromatic rings. The Hall–Kier alpha value is -0.750. The zero-order valence-electron chi connectivity index (χ0n) is 12.1. The second kappa shape index (κ2) is 6.79. The van der Waals surface area contributed by atoms with Crippen molar-refractivity contribution >= 4 is 44.2 Å². The summed E-state index contributed by atoms with van der Waals surface area (Å²) in [5.41, 5.74) is 0. The second-order valence-electron chi connectivity index (χ2n) is 5.30. The molecule has 0 N–H and O–H groups in total. The van der Waals surface area contributed by atoms with Gasteiger partial charge in [0.25, 0.3) is 0 Å². The van der Waals surface area contributed by atoms with Crippen LogP contribution in [0.25, 0.3) is 10.8 Å². The van der Waals surface area contributed by atoms with Crippen LogP contribution in [-0.4, -0.2) is 42.7 Å². The van der Waals surface area contributed by atoms with Gasteiger partial charge in [-0.2, -0.15) is 16.1 Å². The van der Waals surface area contributed by atoms with Gasteiger partial charge in [0.2, 0.25) is 10.0 Å². The predicted molar refractivity (Wildman–Crippen MR) is 94.3 cm³/mol. The first kappa shape index (κ1) is 16.1. The van der Waals surface area contributed by atoms with Gasteiger partial charge in [-0.3, -0.25) is 0 Å². The summed E-state index contributed by atoms with van der Waals surface area (Å²) < 4.78 is 28.0. The topological polar surface area (TPSA) is 37.4 Å². The van der Waals surface area contributed by atoms with Gasteiger partial charge in [0.15, 0.2) is 0 Å². The summed E-state index contributed by atoms with van der Waals surface area (Å²) in [6.07, 6.45) is 0.693. The van der Waals surface area contributed by atoms with Crippen LogP contribution in [0.5, 0.6) is 0 Å². The molecule has 0 saturated carbocycles. The highest BCUT2D eigenvalue weighted by atomic mass is 35.5. The molecular weight excluding hydrogens is 338 g/mol. The number of fused-ring (bicyclic) bond motifs is 1. The van der Waals surface area contributed by atoms with Crippen LogP contribution in [0.3, 0.4) is 0 Å². The zero-order chi connectivity index (χ0) is 15.6. The summed E-state index contributed by atoms with van der Waals surface area (Å²) in [5, 5.41) is 1.73. The van der Waals surface area contributed by atoms with E-state index in [-0.39, 0.29) is 6.04 Å². The molecule has 1 atom stereocenters. The third-order valence-electron chi connectivity index (χ3n) is 3.95. The molecule has 3 nitrogen and oxygen atoms in total. The summed E-state index contributed by atoms with van der Waals surface area (Å²) in [7, 11) is -3.50. The van der Waals surface area contributed by atoms with Crippen molar-refractivity contribution in [1.29, 1.82) is 0 Å². The molecule has 1 aliphatic rings. The van der Waals surface area contributed by atoms with E-state index in [0.29, 0.717) is 23.7 Å². The summed E-state index contributed by atoms with van der Waals surface area (Å²) in [6.45, 7) is 0.553. The van der Waals surface area contributed by atoms with E-state index in [1.807, 2.05) is 36.4 Å². The smallest absolute Gasteiger partial charge is 0.207 e. The van der Waals surface area contributed by atoms with Crippen molar-refractivity contribution in [2.45, 2.75) is 17.4 Å². The fraction of sp³-hybridized carbons (Fsp3) is 0.375. The number of thioether (sulfide) groups is 1. The van der Waals surface area contributed by atoms with E-state index in [1.54, 1.807) is 22.1 Å².